The van der Waals surface area contributed by atoms with Crippen LogP contribution in [0.4, 0.5) is 0 Å². The van der Waals surface area contributed by atoms with Gasteiger partial charge in [-0.3, -0.25) is 9.36 Å². The van der Waals surface area contributed by atoms with Crippen molar-refractivity contribution in [3.05, 3.63) is 63.9 Å². The third-order valence-corrected chi connectivity index (χ3v) is 3.84. The summed E-state index contributed by atoms with van der Waals surface area (Å²) in [6.07, 6.45) is 4.65. The predicted molar refractivity (Wildman–Crippen MR) is 83.6 cm³/mol. The Morgan fingerprint density at radius 3 is 2.91 bits per heavy atom. The van der Waals surface area contributed by atoms with Gasteiger partial charge in [0.2, 0.25) is 0 Å². The van der Waals surface area contributed by atoms with E-state index in [1.54, 1.807) is 27.4 Å². The maximum atomic E-state index is 12.8. The van der Waals surface area contributed by atoms with Crippen LogP contribution in [0.3, 0.4) is 0 Å². The van der Waals surface area contributed by atoms with Gasteiger partial charge in [-0.25, -0.2) is 4.98 Å². The highest BCUT2D eigenvalue weighted by Gasteiger charge is 2.11. The normalized spacial score (nSPS) is 11.4. The van der Waals surface area contributed by atoms with Gasteiger partial charge in [0, 0.05) is 17.4 Å². The average molecular weight is 312 g/mol. The molecule has 0 radical (unpaired) electrons. The lowest BCUT2D eigenvalue weighted by atomic mass is 10.2. The first kappa shape index (κ1) is 13.0. The van der Waals surface area contributed by atoms with Crippen LogP contribution in [0, 0.1) is 6.92 Å². The summed E-state index contributed by atoms with van der Waals surface area (Å²) in [7, 11) is 0. The zero-order chi connectivity index (χ0) is 15.3. The van der Waals surface area contributed by atoms with Crippen molar-refractivity contribution in [2.24, 2.45) is 0 Å². The number of pyridine rings is 1. The van der Waals surface area contributed by atoms with Crippen molar-refractivity contribution in [3.63, 3.8) is 0 Å². The van der Waals surface area contributed by atoms with Crippen molar-refractivity contribution in [1.82, 2.24) is 24.1 Å². The van der Waals surface area contributed by atoms with E-state index in [2.05, 4.69) is 15.1 Å². The monoisotopic (exact) mass is 311 g/mol. The maximum absolute atomic E-state index is 12.8. The molecule has 3 heterocycles. The number of nitrogens with zero attached hydrogens (tertiary/aromatic N) is 5. The Kier molecular flexibility index (Phi) is 2.74. The van der Waals surface area contributed by atoms with Crippen LogP contribution in [-0.2, 0) is 0 Å². The van der Waals surface area contributed by atoms with E-state index in [4.69, 9.17) is 11.6 Å². The van der Waals surface area contributed by atoms with Crippen molar-refractivity contribution in [2.45, 2.75) is 6.92 Å². The largest absolute Gasteiger partial charge is 0.283 e. The highest BCUT2D eigenvalue weighted by atomic mass is 35.5. The molecule has 6 nitrogen and oxygen atoms in total. The van der Waals surface area contributed by atoms with Gasteiger partial charge in [0.15, 0.2) is 0 Å². The van der Waals surface area contributed by atoms with Crippen molar-refractivity contribution in [2.75, 3.05) is 0 Å². The van der Waals surface area contributed by atoms with Crippen LogP contribution < -0.4 is 5.56 Å². The molecule has 4 rings (SSSR count). The van der Waals surface area contributed by atoms with Gasteiger partial charge in [-0.15, -0.1) is 0 Å². The summed E-state index contributed by atoms with van der Waals surface area (Å²) in [4.78, 5) is 21.0. The molecule has 3 aromatic heterocycles. The number of benzene rings is 1. The molecule has 0 bridgehead atoms. The second-order valence-corrected chi connectivity index (χ2v) is 5.39. The van der Waals surface area contributed by atoms with Gasteiger partial charge in [0.25, 0.3) is 11.3 Å². The fourth-order valence-corrected chi connectivity index (χ4v) is 2.66. The van der Waals surface area contributed by atoms with Crippen LogP contribution in [0.5, 0.6) is 0 Å². The minimum atomic E-state index is -0.173. The minimum absolute atomic E-state index is 0.173. The smallest absolute Gasteiger partial charge is 0.266 e. The van der Waals surface area contributed by atoms with E-state index in [-0.39, 0.29) is 5.56 Å². The van der Waals surface area contributed by atoms with E-state index >= 15 is 0 Å². The van der Waals surface area contributed by atoms with Crippen LogP contribution in [0.25, 0.3) is 22.4 Å². The Morgan fingerprint density at radius 2 is 2.05 bits per heavy atom. The summed E-state index contributed by atoms with van der Waals surface area (Å²) in [5, 5.41) is 5.15. The first-order valence-electron chi connectivity index (χ1n) is 6.62. The maximum Gasteiger partial charge on any atom is 0.266 e. The first-order chi connectivity index (χ1) is 10.6. The lowest BCUT2D eigenvalue weighted by Gasteiger charge is -2.10. The average Bonchev–Trinajstić information content (AvgIpc) is 2.99. The molecular formula is C15H10ClN5O. The van der Waals surface area contributed by atoms with E-state index in [0.717, 1.165) is 11.3 Å². The Balaban J connectivity index is 2.08. The number of hydrogen-bond donors (Lipinski definition) is 0. The van der Waals surface area contributed by atoms with Gasteiger partial charge in [0.1, 0.15) is 6.33 Å². The molecule has 7 heteroatoms. The Bertz CT molecular complexity index is 1080. The molecule has 0 atom stereocenters. The third-order valence-electron chi connectivity index (χ3n) is 3.60. The summed E-state index contributed by atoms with van der Waals surface area (Å²) < 4.78 is 3.11. The van der Waals surface area contributed by atoms with E-state index in [1.807, 2.05) is 19.1 Å². The number of fused-ring (bicyclic) bond motifs is 3. The summed E-state index contributed by atoms with van der Waals surface area (Å²) in [6.45, 7) is 1.93. The summed E-state index contributed by atoms with van der Waals surface area (Å²) in [5.74, 6) is 0.462. The van der Waals surface area contributed by atoms with Crippen LogP contribution in [0.15, 0.2) is 47.8 Å². The molecule has 0 unspecified atom stereocenters. The molecule has 0 fully saturated rings. The molecule has 0 saturated carbocycles. The van der Waals surface area contributed by atoms with E-state index < -0.39 is 0 Å². The zero-order valence-corrected chi connectivity index (χ0v) is 12.3. The van der Waals surface area contributed by atoms with Crippen LogP contribution in [0.1, 0.15) is 5.56 Å². The zero-order valence-electron chi connectivity index (χ0n) is 11.6. The van der Waals surface area contributed by atoms with Gasteiger partial charge in [0.05, 0.1) is 16.6 Å². The molecule has 108 valence electrons. The fourth-order valence-electron chi connectivity index (χ4n) is 2.50. The highest BCUT2D eigenvalue weighted by Crippen LogP contribution is 2.19. The lowest BCUT2D eigenvalue weighted by molar-refractivity contribution is 0.953. The molecule has 1 aromatic carbocycles. The van der Waals surface area contributed by atoms with Gasteiger partial charge < -0.3 is 0 Å². The number of aromatic nitrogens is 5. The molecule has 0 saturated heterocycles. The van der Waals surface area contributed by atoms with E-state index in [9.17, 15) is 4.79 Å². The van der Waals surface area contributed by atoms with Gasteiger partial charge in [-0.2, -0.15) is 14.6 Å². The van der Waals surface area contributed by atoms with Crippen LogP contribution >= 0.6 is 11.6 Å². The number of rotatable bonds is 1. The topological polar surface area (TPSA) is 65.1 Å². The Labute approximate surface area is 129 Å². The van der Waals surface area contributed by atoms with Gasteiger partial charge in [-0.1, -0.05) is 17.7 Å². The number of aryl methyl sites for hydroxylation is 1. The van der Waals surface area contributed by atoms with Crippen LogP contribution in [-0.4, -0.2) is 24.1 Å². The van der Waals surface area contributed by atoms with E-state index in [0.29, 0.717) is 21.7 Å². The summed E-state index contributed by atoms with van der Waals surface area (Å²) >= 11 is 6.05. The molecule has 0 spiro atoms. The molecule has 0 aliphatic heterocycles. The fraction of sp³-hybridized carbons (Fsp3) is 0.0667. The van der Waals surface area contributed by atoms with Crippen molar-refractivity contribution in [3.8, 4) is 5.69 Å². The van der Waals surface area contributed by atoms with Crippen LogP contribution in [0.2, 0.25) is 5.02 Å². The molecule has 0 N–H and O–H groups in total. The molecule has 0 aliphatic rings. The lowest BCUT2D eigenvalue weighted by Crippen LogP contribution is -2.19. The SMILES string of the molecule is Cc1ccc(Cl)cc1-n1ccc2c(cnc3ncnn32)c1=O. The molecular weight excluding hydrogens is 302 g/mol. The van der Waals surface area contributed by atoms with Gasteiger partial charge >= 0.3 is 0 Å². The van der Waals surface area contributed by atoms with E-state index in [1.165, 1.54) is 12.5 Å². The number of halogens is 1. The third kappa shape index (κ3) is 1.81. The second-order valence-electron chi connectivity index (χ2n) is 4.95. The van der Waals surface area contributed by atoms with Crippen molar-refractivity contribution >= 4 is 28.3 Å². The summed E-state index contributed by atoms with van der Waals surface area (Å²) in [6, 6.07) is 7.27. The molecule has 22 heavy (non-hydrogen) atoms. The first-order valence-corrected chi connectivity index (χ1v) is 6.99. The predicted octanol–water partition coefficient (Wildman–Crippen LogP) is 2.39. The second kappa shape index (κ2) is 4.64. The Morgan fingerprint density at radius 1 is 1.18 bits per heavy atom. The van der Waals surface area contributed by atoms with Crippen molar-refractivity contribution in [1.29, 1.82) is 0 Å². The molecule has 0 aliphatic carbocycles. The summed E-state index contributed by atoms with van der Waals surface area (Å²) in [5.41, 5.74) is 2.20. The Hall–Kier alpha value is -2.73. The van der Waals surface area contributed by atoms with Gasteiger partial charge in [-0.05, 0) is 30.7 Å². The molecule has 0 amide bonds. The standard InChI is InChI=1S/C15H10ClN5O/c1-9-2-3-10(16)6-13(9)20-5-4-12-11(14(20)22)7-17-15-18-8-19-21(12)15/h2-8H,1H3. The highest BCUT2D eigenvalue weighted by molar-refractivity contribution is 6.30. The van der Waals surface area contributed by atoms with Crippen molar-refractivity contribution < 1.29 is 0 Å². The number of hydrogen-bond acceptors (Lipinski definition) is 4. The minimum Gasteiger partial charge on any atom is -0.283 e. The quantitative estimate of drug-likeness (QED) is 0.541. The molecule has 4 aromatic rings.